The molecule has 0 fully saturated rings. The van der Waals surface area contributed by atoms with Gasteiger partial charge in [-0.25, -0.2) is 9.59 Å². The van der Waals surface area contributed by atoms with Crippen LogP contribution in [0.5, 0.6) is 5.75 Å². The number of carbonyl (C=O) groups excluding carboxylic acids is 2. The van der Waals surface area contributed by atoms with E-state index in [1.54, 1.807) is 19.2 Å². The smallest absolute Gasteiger partial charge is 0.332 e. The lowest BCUT2D eigenvalue weighted by Gasteiger charge is -2.05. The van der Waals surface area contributed by atoms with E-state index in [2.05, 4.69) is 10.1 Å². The first-order chi connectivity index (χ1) is 14.8. The number of benzene rings is 1. The van der Waals surface area contributed by atoms with Gasteiger partial charge in [0.25, 0.3) is 11.5 Å². The highest BCUT2D eigenvalue weighted by molar-refractivity contribution is 7.20. The number of nitrogens with zero attached hydrogens (tertiary/aromatic N) is 2. The van der Waals surface area contributed by atoms with E-state index in [-0.39, 0.29) is 17.8 Å². The third-order valence-electron chi connectivity index (χ3n) is 4.59. The number of hydrogen-bond donors (Lipinski definition) is 1. The lowest BCUT2D eigenvalue weighted by Crippen LogP contribution is -2.38. The summed E-state index contributed by atoms with van der Waals surface area (Å²) < 4.78 is 11.9. The van der Waals surface area contributed by atoms with Crippen LogP contribution in [-0.4, -0.2) is 35.2 Å². The van der Waals surface area contributed by atoms with Crippen molar-refractivity contribution < 1.29 is 19.1 Å². The molecule has 0 radical (unpaired) electrons. The Balaban J connectivity index is 1.84. The molecule has 1 N–H and O–H groups in total. The maximum Gasteiger partial charge on any atom is 0.332 e. The average molecular weight is 443 g/mol. The molecule has 2 aromatic heterocycles. The van der Waals surface area contributed by atoms with Gasteiger partial charge in [-0.2, -0.15) is 0 Å². The van der Waals surface area contributed by atoms with Gasteiger partial charge in [0.05, 0.1) is 24.5 Å². The van der Waals surface area contributed by atoms with E-state index in [1.165, 1.54) is 30.9 Å². The van der Waals surface area contributed by atoms with Gasteiger partial charge < -0.3 is 14.8 Å². The number of aromatic nitrogens is 2. The van der Waals surface area contributed by atoms with Gasteiger partial charge in [0.1, 0.15) is 10.6 Å². The van der Waals surface area contributed by atoms with E-state index in [0.29, 0.717) is 16.3 Å². The minimum absolute atomic E-state index is 0.0919. The highest BCUT2D eigenvalue weighted by Crippen LogP contribution is 2.22. The van der Waals surface area contributed by atoms with Gasteiger partial charge >= 0.3 is 11.7 Å². The molecule has 0 atom stereocenters. The Morgan fingerprint density at radius 2 is 1.87 bits per heavy atom. The number of methoxy groups -OCH3 is 2. The summed E-state index contributed by atoms with van der Waals surface area (Å²) in [5, 5.41) is 3.06. The standard InChI is InChI=1S/C21H21N3O6S/c1-23-20-15(19(27)24(21(23)28)10-4-5-17(25)30-3)11-16(31-20)18(26)22-12-13-6-8-14(29-2)9-7-13/h4-9,11H,10,12H2,1-3H3,(H,22,26)/b5-4+. The van der Waals surface area contributed by atoms with Crippen LogP contribution in [0.3, 0.4) is 0 Å². The monoisotopic (exact) mass is 443 g/mol. The van der Waals surface area contributed by atoms with Crippen LogP contribution in [0.1, 0.15) is 15.2 Å². The minimum atomic E-state index is -0.586. The molecule has 0 aliphatic heterocycles. The number of fused-ring (bicyclic) bond motifs is 1. The van der Waals surface area contributed by atoms with Gasteiger partial charge in [-0.3, -0.25) is 18.7 Å². The van der Waals surface area contributed by atoms with Crippen LogP contribution in [0.15, 0.2) is 52.1 Å². The van der Waals surface area contributed by atoms with Crippen LogP contribution >= 0.6 is 11.3 Å². The number of nitrogens with one attached hydrogen (secondary N) is 1. The summed E-state index contributed by atoms with van der Waals surface area (Å²) in [6.45, 7) is 0.212. The lowest BCUT2D eigenvalue weighted by atomic mass is 10.2. The fourth-order valence-corrected chi connectivity index (χ4v) is 3.91. The highest BCUT2D eigenvalue weighted by atomic mass is 32.1. The van der Waals surface area contributed by atoms with Crippen molar-refractivity contribution in [3.05, 3.63) is 73.8 Å². The van der Waals surface area contributed by atoms with Crippen molar-refractivity contribution in [2.24, 2.45) is 7.05 Å². The number of carbonyl (C=O) groups is 2. The molecule has 162 valence electrons. The third-order valence-corrected chi connectivity index (χ3v) is 5.80. The molecule has 31 heavy (non-hydrogen) atoms. The van der Waals surface area contributed by atoms with E-state index in [1.807, 2.05) is 12.1 Å². The van der Waals surface area contributed by atoms with Crippen molar-refractivity contribution in [1.82, 2.24) is 14.5 Å². The minimum Gasteiger partial charge on any atom is -0.497 e. The number of hydrogen-bond acceptors (Lipinski definition) is 7. The number of esters is 1. The largest absolute Gasteiger partial charge is 0.497 e. The maximum atomic E-state index is 12.8. The SMILES string of the molecule is COC(=O)/C=C/Cn1c(=O)c2cc(C(=O)NCc3ccc(OC)cc3)sc2n(C)c1=O. The Labute approximate surface area is 181 Å². The summed E-state index contributed by atoms with van der Waals surface area (Å²) in [6, 6.07) is 8.76. The zero-order valence-electron chi connectivity index (χ0n) is 17.2. The fraction of sp³-hybridized carbons (Fsp3) is 0.238. The second-order valence-electron chi connectivity index (χ2n) is 6.54. The van der Waals surface area contributed by atoms with E-state index in [4.69, 9.17) is 4.74 Å². The van der Waals surface area contributed by atoms with Crippen molar-refractivity contribution in [3.8, 4) is 5.75 Å². The van der Waals surface area contributed by atoms with E-state index >= 15 is 0 Å². The summed E-state index contributed by atoms with van der Waals surface area (Å²) in [5.74, 6) is -0.212. The van der Waals surface area contributed by atoms with Crippen molar-refractivity contribution in [1.29, 1.82) is 0 Å². The van der Waals surface area contributed by atoms with Gasteiger partial charge in [-0.1, -0.05) is 18.2 Å². The van der Waals surface area contributed by atoms with Gasteiger partial charge in [-0.15, -0.1) is 11.3 Å². The van der Waals surface area contributed by atoms with Gasteiger partial charge in [0.15, 0.2) is 0 Å². The van der Waals surface area contributed by atoms with Crippen molar-refractivity contribution in [2.45, 2.75) is 13.1 Å². The zero-order valence-corrected chi connectivity index (χ0v) is 18.0. The molecule has 1 amide bonds. The van der Waals surface area contributed by atoms with Crippen molar-refractivity contribution in [2.75, 3.05) is 14.2 Å². The molecule has 3 rings (SSSR count). The third kappa shape index (κ3) is 4.75. The number of thiophene rings is 1. The van der Waals surface area contributed by atoms with Crippen LogP contribution in [0.4, 0.5) is 0 Å². The van der Waals surface area contributed by atoms with Crippen LogP contribution in [-0.2, 0) is 29.7 Å². The molecule has 0 spiro atoms. The maximum absolute atomic E-state index is 12.8. The molecule has 1 aromatic carbocycles. The first-order valence-electron chi connectivity index (χ1n) is 9.24. The van der Waals surface area contributed by atoms with Gasteiger partial charge in [0.2, 0.25) is 0 Å². The Morgan fingerprint density at radius 3 is 2.52 bits per heavy atom. The molecule has 10 heteroatoms. The Kier molecular flexibility index (Phi) is 6.71. The second kappa shape index (κ2) is 9.43. The molecule has 0 unspecified atom stereocenters. The molecule has 0 saturated heterocycles. The van der Waals surface area contributed by atoms with Gasteiger partial charge in [-0.05, 0) is 23.8 Å². The first-order valence-corrected chi connectivity index (χ1v) is 10.1. The summed E-state index contributed by atoms with van der Waals surface area (Å²) in [4.78, 5) is 49.9. The predicted molar refractivity (Wildman–Crippen MR) is 117 cm³/mol. The topological polar surface area (TPSA) is 109 Å². The molecule has 9 nitrogen and oxygen atoms in total. The summed E-state index contributed by atoms with van der Waals surface area (Å²) in [5.41, 5.74) is -0.181. The number of amides is 1. The zero-order chi connectivity index (χ0) is 22.5. The number of rotatable bonds is 7. The molecule has 0 saturated carbocycles. The second-order valence-corrected chi connectivity index (χ2v) is 7.57. The van der Waals surface area contributed by atoms with Crippen molar-refractivity contribution in [3.63, 3.8) is 0 Å². The van der Waals surface area contributed by atoms with Crippen LogP contribution < -0.4 is 21.3 Å². The molecule has 0 aliphatic rings. The molecular formula is C21H21N3O6S. The Hall–Kier alpha value is -3.66. The predicted octanol–water partition coefficient (Wildman–Crippen LogP) is 1.43. The summed E-state index contributed by atoms with van der Waals surface area (Å²) in [6.07, 6.45) is 2.51. The van der Waals surface area contributed by atoms with Gasteiger partial charge in [0, 0.05) is 26.2 Å². The first kappa shape index (κ1) is 22.0. The number of ether oxygens (including phenoxy) is 2. The normalized spacial score (nSPS) is 11.1. The fourth-order valence-electron chi connectivity index (χ4n) is 2.89. The van der Waals surface area contributed by atoms with Crippen LogP contribution in [0.25, 0.3) is 10.2 Å². The number of aryl methyl sites for hydroxylation is 1. The van der Waals surface area contributed by atoms with Crippen molar-refractivity contribution >= 4 is 33.4 Å². The summed E-state index contributed by atoms with van der Waals surface area (Å²) >= 11 is 1.07. The molecule has 2 heterocycles. The van der Waals surface area contributed by atoms with E-state index < -0.39 is 17.2 Å². The number of allylic oxidation sites excluding steroid dienone is 1. The molecule has 0 aliphatic carbocycles. The molecule has 3 aromatic rings. The Morgan fingerprint density at radius 1 is 1.16 bits per heavy atom. The Bertz CT molecular complexity index is 1270. The van der Waals surface area contributed by atoms with E-state index in [0.717, 1.165) is 33.3 Å². The molecular weight excluding hydrogens is 422 g/mol. The quantitative estimate of drug-likeness (QED) is 0.437. The van der Waals surface area contributed by atoms with Crippen LogP contribution in [0, 0.1) is 0 Å². The van der Waals surface area contributed by atoms with Crippen LogP contribution in [0.2, 0.25) is 0 Å². The summed E-state index contributed by atoms with van der Waals surface area (Å²) in [7, 11) is 4.34. The highest BCUT2D eigenvalue weighted by Gasteiger charge is 2.17. The lowest BCUT2D eigenvalue weighted by molar-refractivity contribution is -0.134. The average Bonchev–Trinajstić information content (AvgIpc) is 3.24. The molecule has 0 bridgehead atoms. The van der Waals surface area contributed by atoms with E-state index in [9.17, 15) is 19.2 Å².